The Balaban J connectivity index is 0.00000208. The highest BCUT2D eigenvalue weighted by Gasteiger charge is 2.29. The minimum Gasteiger partial charge on any atom is -0.399 e. The van der Waals surface area contributed by atoms with Crippen LogP contribution in [0.2, 0.25) is 0 Å². The molecule has 0 aromatic heterocycles. The van der Waals surface area contributed by atoms with Crippen molar-refractivity contribution in [1.82, 2.24) is 10.2 Å². The first-order valence-corrected chi connectivity index (χ1v) is 8.05. The Kier molecular flexibility index (Phi) is 5.83. The fourth-order valence-electron chi connectivity index (χ4n) is 3.34. The number of carbonyl (C=O) groups excluding carboxylic acids is 3. The van der Waals surface area contributed by atoms with Crippen molar-refractivity contribution in [3.05, 3.63) is 29.3 Å². The highest BCUT2D eigenvalue weighted by Crippen LogP contribution is 2.31. The predicted molar refractivity (Wildman–Crippen MR) is 92.5 cm³/mol. The van der Waals surface area contributed by atoms with Gasteiger partial charge in [0.1, 0.15) is 0 Å². The second kappa shape index (κ2) is 7.66. The van der Waals surface area contributed by atoms with Crippen LogP contribution in [0.15, 0.2) is 18.2 Å². The summed E-state index contributed by atoms with van der Waals surface area (Å²) in [5.41, 5.74) is 8.86. The molecule has 3 rings (SSSR count). The molecule has 1 aromatic rings. The molecule has 1 aliphatic heterocycles. The predicted octanol–water partition coefficient (Wildman–Crippen LogP) is 1.72. The Morgan fingerprint density at radius 3 is 2.62 bits per heavy atom. The number of imide groups is 1. The number of amides is 3. The fourth-order valence-corrected chi connectivity index (χ4v) is 3.34. The highest BCUT2D eigenvalue weighted by molar-refractivity contribution is 6.02. The number of rotatable bonds is 4. The second-order valence-corrected chi connectivity index (χ2v) is 6.16. The van der Waals surface area contributed by atoms with E-state index in [1.54, 1.807) is 0 Å². The molecule has 2 aliphatic rings. The first kappa shape index (κ1) is 18.3. The molecule has 1 fully saturated rings. The van der Waals surface area contributed by atoms with Crippen molar-refractivity contribution in [1.29, 1.82) is 0 Å². The summed E-state index contributed by atoms with van der Waals surface area (Å²) in [6.45, 7) is 0.171. The average Bonchev–Trinajstić information content (AvgIpc) is 2.84. The zero-order valence-corrected chi connectivity index (χ0v) is 14.2. The Labute approximate surface area is 147 Å². The fraction of sp³-hybridized carbons (Fsp3) is 0.471. The number of nitrogens with zero attached hydrogens (tertiary/aromatic N) is 1. The van der Waals surface area contributed by atoms with E-state index >= 15 is 0 Å². The van der Waals surface area contributed by atoms with Gasteiger partial charge in [-0.15, -0.1) is 12.4 Å². The standard InChI is InChI=1S/C17H21N3O3.ClH/c18-12-4-5-13-11(10-12)2-1-3-14(13)19-15(21)8-9-20-16(22)6-7-17(20)23;/h4-5,10,14H,1-3,6-9,18H2,(H,19,21);1H. The van der Waals surface area contributed by atoms with Crippen molar-refractivity contribution >= 4 is 35.8 Å². The van der Waals surface area contributed by atoms with E-state index in [9.17, 15) is 14.4 Å². The quantitative estimate of drug-likeness (QED) is 0.638. The molecular weight excluding hydrogens is 330 g/mol. The molecule has 1 atom stereocenters. The van der Waals surface area contributed by atoms with Gasteiger partial charge in [-0.3, -0.25) is 19.3 Å². The van der Waals surface area contributed by atoms with Gasteiger partial charge in [0.15, 0.2) is 0 Å². The molecule has 0 spiro atoms. The van der Waals surface area contributed by atoms with Crippen molar-refractivity contribution in [2.45, 2.75) is 44.6 Å². The summed E-state index contributed by atoms with van der Waals surface area (Å²) in [6, 6.07) is 5.78. The van der Waals surface area contributed by atoms with Gasteiger partial charge in [0.05, 0.1) is 6.04 Å². The molecule has 0 saturated carbocycles. The molecule has 7 heteroatoms. The third-order valence-electron chi connectivity index (χ3n) is 4.53. The summed E-state index contributed by atoms with van der Waals surface area (Å²) >= 11 is 0. The number of nitrogens with two attached hydrogens (primary N) is 1. The van der Waals surface area contributed by atoms with Gasteiger partial charge in [-0.25, -0.2) is 0 Å². The van der Waals surface area contributed by atoms with Crippen LogP contribution in [0, 0.1) is 0 Å². The molecule has 1 aliphatic carbocycles. The van der Waals surface area contributed by atoms with Crippen molar-refractivity contribution in [3.63, 3.8) is 0 Å². The summed E-state index contributed by atoms with van der Waals surface area (Å²) in [5, 5.41) is 3.02. The van der Waals surface area contributed by atoms with Crippen LogP contribution in [0.5, 0.6) is 0 Å². The summed E-state index contributed by atoms with van der Waals surface area (Å²) < 4.78 is 0. The minimum absolute atomic E-state index is 0. The molecule has 3 amide bonds. The number of likely N-dealkylation sites (tertiary alicyclic amines) is 1. The second-order valence-electron chi connectivity index (χ2n) is 6.16. The number of aryl methyl sites for hydroxylation is 1. The number of benzene rings is 1. The molecular formula is C17H22ClN3O3. The van der Waals surface area contributed by atoms with E-state index in [2.05, 4.69) is 5.32 Å². The van der Waals surface area contributed by atoms with Crippen LogP contribution in [0.25, 0.3) is 0 Å². The number of halogens is 1. The van der Waals surface area contributed by atoms with Gasteiger partial charge < -0.3 is 11.1 Å². The number of carbonyl (C=O) groups is 3. The van der Waals surface area contributed by atoms with Crippen LogP contribution in [0.4, 0.5) is 5.69 Å². The Morgan fingerprint density at radius 2 is 1.92 bits per heavy atom. The average molecular weight is 352 g/mol. The summed E-state index contributed by atoms with van der Waals surface area (Å²) in [5.74, 6) is -0.491. The van der Waals surface area contributed by atoms with Crippen molar-refractivity contribution in [2.24, 2.45) is 0 Å². The normalized spacial score (nSPS) is 19.7. The lowest BCUT2D eigenvalue weighted by Crippen LogP contribution is -2.36. The summed E-state index contributed by atoms with van der Waals surface area (Å²) in [4.78, 5) is 36.5. The molecule has 1 saturated heterocycles. The smallest absolute Gasteiger partial charge is 0.229 e. The zero-order chi connectivity index (χ0) is 16.4. The first-order valence-electron chi connectivity index (χ1n) is 8.05. The Hall–Kier alpha value is -2.08. The number of hydrogen-bond donors (Lipinski definition) is 2. The number of hydrogen-bond acceptors (Lipinski definition) is 4. The Bertz CT molecular complexity index is 646. The Morgan fingerprint density at radius 1 is 1.21 bits per heavy atom. The largest absolute Gasteiger partial charge is 0.399 e. The van der Waals surface area contributed by atoms with E-state index in [-0.39, 0.29) is 62.0 Å². The van der Waals surface area contributed by atoms with Gasteiger partial charge >= 0.3 is 0 Å². The van der Waals surface area contributed by atoms with Crippen LogP contribution in [0.1, 0.15) is 49.3 Å². The molecule has 6 nitrogen and oxygen atoms in total. The van der Waals surface area contributed by atoms with E-state index in [0.717, 1.165) is 30.5 Å². The lowest BCUT2D eigenvalue weighted by molar-refractivity contribution is -0.138. The SMILES string of the molecule is Cl.Nc1ccc2c(c1)CCCC2NC(=O)CCN1C(=O)CCC1=O. The number of anilines is 1. The number of nitrogens with one attached hydrogen (secondary N) is 1. The number of fused-ring (bicyclic) bond motifs is 1. The molecule has 130 valence electrons. The van der Waals surface area contributed by atoms with E-state index in [4.69, 9.17) is 5.73 Å². The zero-order valence-electron chi connectivity index (χ0n) is 13.4. The van der Waals surface area contributed by atoms with Crippen LogP contribution < -0.4 is 11.1 Å². The van der Waals surface area contributed by atoms with E-state index < -0.39 is 0 Å². The van der Waals surface area contributed by atoms with Crippen LogP contribution in [-0.4, -0.2) is 29.2 Å². The van der Waals surface area contributed by atoms with Crippen LogP contribution in [0.3, 0.4) is 0 Å². The molecule has 1 heterocycles. The van der Waals surface area contributed by atoms with Crippen molar-refractivity contribution in [3.8, 4) is 0 Å². The molecule has 0 bridgehead atoms. The molecule has 0 radical (unpaired) electrons. The maximum atomic E-state index is 12.2. The topological polar surface area (TPSA) is 92.5 Å². The van der Waals surface area contributed by atoms with Gasteiger partial charge in [0, 0.05) is 31.5 Å². The van der Waals surface area contributed by atoms with Crippen LogP contribution in [-0.2, 0) is 20.8 Å². The lowest BCUT2D eigenvalue weighted by atomic mass is 9.87. The maximum Gasteiger partial charge on any atom is 0.229 e. The van der Waals surface area contributed by atoms with Crippen LogP contribution >= 0.6 is 12.4 Å². The minimum atomic E-state index is -0.179. The van der Waals surface area contributed by atoms with Crippen molar-refractivity contribution < 1.29 is 14.4 Å². The van der Waals surface area contributed by atoms with E-state index in [0.29, 0.717) is 0 Å². The molecule has 1 aromatic carbocycles. The third-order valence-corrected chi connectivity index (χ3v) is 4.53. The lowest BCUT2D eigenvalue weighted by Gasteiger charge is -2.27. The van der Waals surface area contributed by atoms with E-state index in [1.165, 1.54) is 10.5 Å². The van der Waals surface area contributed by atoms with E-state index in [1.807, 2.05) is 18.2 Å². The first-order chi connectivity index (χ1) is 11.0. The summed E-state index contributed by atoms with van der Waals surface area (Å²) in [7, 11) is 0. The van der Waals surface area contributed by atoms with Gasteiger partial charge in [-0.1, -0.05) is 6.07 Å². The van der Waals surface area contributed by atoms with Gasteiger partial charge in [0.25, 0.3) is 0 Å². The van der Waals surface area contributed by atoms with Gasteiger partial charge in [-0.2, -0.15) is 0 Å². The molecule has 1 unspecified atom stereocenters. The summed E-state index contributed by atoms with van der Waals surface area (Å²) in [6.07, 6.45) is 3.55. The maximum absolute atomic E-state index is 12.2. The molecule has 24 heavy (non-hydrogen) atoms. The highest BCUT2D eigenvalue weighted by atomic mass is 35.5. The molecule has 3 N–H and O–H groups in total. The van der Waals surface area contributed by atoms with Gasteiger partial charge in [0.2, 0.25) is 17.7 Å². The monoisotopic (exact) mass is 351 g/mol. The van der Waals surface area contributed by atoms with Gasteiger partial charge in [-0.05, 0) is 42.5 Å². The third kappa shape index (κ3) is 3.87. The van der Waals surface area contributed by atoms with Crippen molar-refractivity contribution in [2.75, 3.05) is 12.3 Å². The number of nitrogen functional groups attached to an aromatic ring is 1.